The first-order valence-corrected chi connectivity index (χ1v) is 9.36. The molecule has 0 atom stereocenters. The molecule has 0 spiro atoms. The third-order valence-electron chi connectivity index (χ3n) is 4.35. The molecular weight excluding hydrogens is 324 g/mol. The third-order valence-corrected chi connectivity index (χ3v) is 5.87. The van der Waals surface area contributed by atoms with E-state index in [0.717, 1.165) is 23.2 Å². The lowest BCUT2D eigenvalue weighted by atomic mass is 10.1. The van der Waals surface area contributed by atoms with E-state index in [9.17, 15) is 13.2 Å². The molecule has 1 saturated heterocycles. The molecule has 0 saturated carbocycles. The van der Waals surface area contributed by atoms with Gasteiger partial charge in [0.05, 0.1) is 4.90 Å². The zero-order valence-corrected chi connectivity index (χ0v) is 14.6. The highest BCUT2D eigenvalue weighted by Gasteiger charge is 2.22. The predicted octanol–water partition coefficient (Wildman–Crippen LogP) is 3.23. The van der Waals surface area contributed by atoms with Crippen LogP contribution in [-0.2, 0) is 14.8 Å². The lowest BCUT2D eigenvalue weighted by Crippen LogP contribution is -2.23. The van der Waals surface area contributed by atoms with Crippen LogP contribution in [0.2, 0.25) is 0 Å². The highest BCUT2D eigenvalue weighted by molar-refractivity contribution is 7.92. The molecule has 1 fully saturated rings. The normalized spacial score (nSPS) is 14.9. The zero-order valence-electron chi connectivity index (χ0n) is 13.7. The van der Waals surface area contributed by atoms with Crippen LogP contribution >= 0.6 is 0 Å². The molecule has 2 aromatic carbocycles. The Labute approximate surface area is 142 Å². The fourth-order valence-electron chi connectivity index (χ4n) is 2.86. The van der Waals surface area contributed by atoms with Crippen molar-refractivity contribution in [1.29, 1.82) is 0 Å². The lowest BCUT2D eigenvalue weighted by molar-refractivity contribution is -0.117. The molecule has 1 amide bonds. The molecule has 5 nitrogen and oxygen atoms in total. The summed E-state index contributed by atoms with van der Waals surface area (Å²) in [4.78, 5) is 13.8. The summed E-state index contributed by atoms with van der Waals surface area (Å²) in [5, 5.41) is 0. The maximum Gasteiger partial charge on any atom is 0.262 e. The molecule has 126 valence electrons. The summed E-state index contributed by atoms with van der Waals surface area (Å²) < 4.78 is 27.8. The number of carbonyl (C=O) groups is 1. The summed E-state index contributed by atoms with van der Waals surface area (Å²) in [6, 6.07) is 12.1. The first-order chi connectivity index (χ1) is 11.4. The molecule has 1 aliphatic rings. The zero-order chi connectivity index (χ0) is 17.3. The number of aryl methyl sites for hydroxylation is 1. The van der Waals surface area contributed by atoms with Gasteiger partial charge < -0.3 is 4.90 Å². The van der Waals surface area contributed by atoms with Crippen molar-refractivity contribution < 1.29 is 13.2 Å². The SMILES string of the molecule is Cc1cccc(S(=O)(=O)Nc2ccc(N3CCCC3=O)cc2)c1C. The largest absolute Gasteiger partial charge is 0.312 e. The molecule has 1 N–H and O–H groups in total. The molecular formula is C18H20N2O3S. The standard InChI is InChI=1S/C18H20N2O3S/c1-13-5-3-6-17(14(13)2)24(22,23)19-15-8-10-16(11-9-15)20-12-4-7-18(20)21/h3,5-6,8-11,19H,4,7,12H2,1-2H3. The molecule has 2 aromatic rings. The summed E-state index contributed by atoms with van der Waals surface area (Å²) in [6.45, 7) is 4.40. The molecule has 0 aromatic heterocycles. The van der Waals surface area contributed by atoms with Crippen LogP contribution in [0.3, 0.4) is 0 Å². The van der Waals surface area contributed by atoms with Crippen LogP contribution in [0.15, 0.2) is 47.4 Å². The number of benzene rings is 2. The van der Waals surface area contributed by atoms with E-state index in [1.165, 1.54) is 0 Å². The molecule has 1 aliphatic heterocycles. The van der Waals surface area contributed by atoms with Crippen LogP contribution in [0.4, 0.5) is 11.4 Å². The minimum absolute atomic E-state index is 0.110. The first kappa shape index (κ1) is 16.5. The van der Waals surface area contributed by atoms with Gasteiger partial charge in [0, 0.05) is 24.3 Å². The number of carbonyl (C=O) groups excluding carboxylic acids is 1. The van der Waals surface area contributed by atoms with Gasteiger partial charge in [-0.25, -0.2) is 8.42 Å². The van der Waals surface area contributed by atoms with Crippen LogP contribution in [0.1, 0.15) is 24.0 Å². The van der Waals surface area contributed by atoms with Gasteiger partial charge in [-0.15, -0.1) is 0 Å². The number of sulfonamides is 1. The number of anilines is 2. The summed E-state index contributed by atoms with van der Waals surface area (Å²) in [5.41, 5.74) is 2.95. The number of nitrogens with zero attached hydrogens (tertiary/aromatic N) is 1. The Morgan fingerprint density at radius 1 is 1.04 bits per heavy atom. The Bertz CT molecular complexity index is 874. The monoisotopic (exact) mass is 344 g/mol. The van der Waals surface area contributed by atoms with Crippen molar-refractivity contribution in [2.75, 3.05) is 16.2 Å². The maximum atomic E-state index is 12.6. The predicted molar refractivity (Wildman–Crippen MR) is 94.8 cm³/mol. The highest BCUT2D eigenvalue weighted by Crippen LogP contribution is 2.25. The fourth-order valence-corrected chi connectivity index (χ4v) is 4.23. The molecule has 24 heavy (non-hydrogen) atoms. The van der Waals surface area contributed by atoms with Crippen molar-refractivity contribution in [3.8, 4) is 0 Å². The third kappa shape index (κ3) is 3.14. The Morgan fingerprint density at radius 2 is 1.75 bits per heavy atom. The van der Waals surface area contributed by atoms with Gasteiger partial charge >= 0.3 is 0 Å². The van der Waals surface area contributed by atoms with Gasteiger partial charge in [0.1, 0.15) is 0 Å². The average molecular weight is 344 g/mol. The van der Waals surface area contributed by atoms with Crippen LogP contribution in [0.5, 0.6) is 0 Å². The number of hydrogen-bond donors (Lipinski definition) is 1. The Morgan fingerprint density at radius 3 is 2.38 bits per heavy atom. The van der Waals surface area contributed by atoms with Crippen LogP contribution in [0.25, 0.3) is 0 Å². The van der Waals surface area contributed by atoms with Crippen molar-refractivity contribution in [2.45, 2.75) is 31.6 Å². The second kappa shape index (κ2) is 6.28. The van der Waals surface area contributed by atoms with E-state index in [-0.39, 0.29) is 10.8 Å². The number of rotatable bonds is 4. The van der Waals surface area contributed by atoms with Gasteiger partial charge in [-0.05, 0) is 61.7 Å². The van der Waals surface area contributed by atoms with E-state index < -0.39 is 10.0 Å². The summed E-state index contributed by atoms with van der Waals surface area (Å²) >= 11 is 0. The maximum absolute atomic E-state index is 12.6. The van der Waals surface area contributed by atoms with Crippen molar-refractivity contribution >= 4 is 27.3 Å². The molecule has 3 rings (SSSR count). The topological polar surface area (TPSA) is 66.5 Å². The molecule has 0 radical (unpaired) electrons. The van der Waals surface area contributed by atoms with Gasteiger partial charge in [0.25, 0.3) is 10.0 Å². The van der Waals surface area contributed by atoms with Crippen LogP contribution in [-0.4, -0.2) is 20.9 Å². The van der Waals surface area contributed by atoms with Crippen LogP contribution in [0, 0.1) is 13.8 Å². The second-order valence-electron chi connectivity index (χ2n) is 6.00. The smallest absolute Gasteiger partial charge is 0.262 e. The lowest BCUT2D eigenvalue weighted by Gasteiger charge is -2.16. The van der Waals surface area contributed by atoms with E-state index in [1.807, 2.05) is 13.0 Å². The molecule has 0 bridgehead atoms. The van der Waals surface area contributed by atoms with E-state index in [0.29, 0.717) is 18.7 Å². The van der Waals surface area contributed by atoms with Gasteiger partial charge in [-0.3, -0.25) is 9.52 Å². The van der Waals surface area contributed by atoms with Crippen LogP contribution < -0.4 is 9.62 Å². The summed E-state index contributed by atoms with van der Waals surface area (Å²) in [5.74, 6) is 0.110. The Balaban J connectivity index is 1.83. The number of nitrogens with one attached hydrogen (secondary N) is 1. The molecule has 0 unspecified atom stereocenters. The Hall–Kier alpha value is -2.34. The van der Waals surface area contributed by atoms with E-state index in [2.05, 4.69) is 4.72 Å². The minimum Gasteiger partial charge on any atom is -0.312 e. The minimum atomic E-state index is -3.64. The fraction of sp³-hybridized carbons (Fsp3) is 0.278. The van der Waals surface area contributed by atoms with Crippen molar-refractivity contribution in [3.63, 3.8) is 0 Å². The quantitative estimate of drug-likeness (QED) is 0.926. The van der Waals surface area contributed by atoms with Gasteiger partial charge in [0.2, 0.25) is 5.91 Å². The summed E-state index contributed by atoms with van der Waals surface area (Å²) in [7, 11) is -3.64. The molecule has 6 heteroatoms. The number of amides is 1. The number of hydrogen-bond acceptors (Lipinski definition) is 3. The van der Waals surface area contributed by atoms with E-state index in [1.54, 1.807) is 48.2 Å². The van der Waals surface area contributed by atoms with Gasteiger partial charge in [-0.1, -0.05) is 12.1 Å². The second-order valence-corrected chi connectivity index (χ2v) is 7.65. The molecule has 0 aliphatic carbocycles. The summed E-state index contributed by atoms with van der Waals surface area (Å²) in [6.07, 6.45) is 1.43. The van der Waals surface area contributed by atoms with Gasteiger partial charge in [0.15, 0.2) is 0 Å². The van der Waals surface area contributed by atoms with Crippen molar-refractivity contribution in [1.82, 2.24) is 0 Å². The van der Waals surface area contributed by atoms with Crippen molar-refractivity contribution in [3.05, 3.63) is 53.6 Å². The van der Waals surface area contributed by atoms with E-state index in [4.69, 9.17) is 0 Å². The van der Waals surface area contributed by atoms with Gasteiger partial charge in [-0.2, -0.15) is 0 Å². The highest BCUT2D eigenvalue weighted by atomic mass is 32.2. The Kier molecular flexibility index (Phi) is 4.32. The van der Waals surface area contributed by atoms with E-state index >= 15 is 0 Å². The first-order valence-electron chi connectivity index (χ1n) is 7.88. The van der Waals surface area contributed by atoms with Crippen molar-refractivity contribution in [2.24, 2.45) is 0 Å². The molecule has 1 heterocycles. The average Bonchev–Trinajstić information content (AvgIpc) is 2.96.